The summed E-state index contributed by atoms with van der Waals surface area (Å²) in [7, 11) is 3.91. The standard InChI is InChI=1S/C16H31N3O5/c1-18(2)10-14-24-13-7-17-15(22)5-6-16(23)19(8-3-11-20)9-4-12-21/h5-6,20-21H,3-4,7-14H2,1-2H3,(H,17,22)/b6-5-. The lowest BCUT2D eigenvalue weighted by atomic mass is 10.3. The first-order valence-electron chi connectivity index (χ1n) is 8.20. The zero-order valence-electron chi connectivity index (χ0n) is 14.7. The lowest BCUT2D eigenvalue weighted by Gasteiger charge is -2.20. The van der Waals surface area contributed by atoms with Gasteiger partial charge in [0.2, 0.25) is 11.8 Å². The molecule has 3 N–H and O–H groups in total. The van der Waals surface area contributed by atoms with E-state index in [2.05, 4.69) is 5.32 Å². The molecule has 0 heterocycles. The molecule has 0 fully saturated rings. The fraction of sp³-hybridized carbons (Fsp3) is 0.750. The molecule has 0 spiro atoms. The van der Waals surface area contributed by atoms with E-state index < -0.39 is 0 Å². The Kier molecular flexibility index (Phi) is 14.1. The third-order valence-electron chi connectivity index (χ3n) is 3.09. The first-order chi connectivity index (χ1) is 11.5. The van der Waals surface area contributed by atoms with Crippen LogP contribution in [-0.4, -0.2) is 98.5 Å². The summed E-state index contributed by atoms with van der Waals surface area (Å²) in [5, 5.41) is 20.3. The second-order valence-electron chi connectivity index (χ2n) is 5.52. The molecule has 24 heavy (non-hydrogen) atoms. The van der Waals surface area contributed by atoms with Gasteiger partial charge in [-0.3, -0.25) is 9.59 Å². The molecule has 2 amide bonds. The number of likely N-dealkylation sites (N-methyl/N-ethyl adjacent to an activating group) is 1. The van der Waals surface area contributed by atoms with E-state index in [4.69, 9.17) is 14.9 Å². The summed E-state index contributed by atoms with van der Waals surface area (Å²) in [6.45, 7) is 2.97. The van der Waals surface area contributed by atoms with Crippen molar-refractivity contribution >= 4 is 11.8 Å². The van der Waals surface area contributed by atoms with Crippen LogP contribution in [0.2, 0.25) is 0 Å². The Morgan fingerprint density at radius 3 is 2.17 bits per heavy atom. The summed E-state index contributed by atoms with van der Waals surface area (Å²) in [5.41, 5.74) is 0. The first-order valence-corrected chi connectivity index (χ1v) is 8.20. The average Bonchev–Trinajstić information content (AvgIpc) is 2.55. The van der Waals surface area contributed by atoms with Crippen molar-refractivity contribution < 1.29 is 24.5 Å². The maximum atomic E-state index is 12.0. The van der Waals surface area contributed by atoms with Gasteiger partial charge >= 0.3 is 0 Å². The number of nitrogens with one attached hydrogen (secondary N) is 1. The molecule has 0 saturated carbocycles. The predicted molar refractivity (Wildman–Crippen MR) is 91.5 cm³/mol. The number of carbonyl (C=O) groups is 2. The molecule has 0 saturated heterocycles. The first kappa shape index (κ1) is 22.5. The minimum atomic E-state index is -0.358. The van der Waals surface area contributed by atoms with Gasteiger partial charge in [-0.05, 0) is 26.9 Å². The van der Waals surface area contributed by atoms with Gasteiger partial charge in [-0.2, -0.15) is 0 Å². The number of carbonyl (C=O) groups excluding carboxylic acids is 2. The Hall–Kier alpha value is -1.48. The third-order valence-corrected chi connectivity index (χ3v) is 3.09. The highest BCUT2D eigenvalue weighted by Gasteiger charge is 2.10. The molecule has 0 aliphatic carbocycles. The maximum Gasteiger partial charge on any atom is 0.246 e. The average molecular weight is 345 g/mol. The van der Waals surface area contributed by atoms with Crippen LogP contribution in [0.25, 0.3) is 0 Å². The van der Waals surface area contributed by atoms with Gasteiger partial charge in [-0.1, -0.05) is 0 Å². The molecule has 0 aromatic carbocycles. The highest BCUT2D eigenvalue weighted by molar-refractivity contribution is 5.96. The van der Waals surface area contributed by atoms with Crippen molar-refractivity contribution in [2.75, 3.05) is 66.7 Å². The number of hydrogen-bond acceptors (Lipinski definition) is 6. The Bertz CT molecular complexity index is 367. The van der Waals surface area contributed by atoms with E-state index >= 15 is 0 Å². The quantitative estimate of drug-likeness (QED) is 0.271. The van der Waals surface area contributed by atoms with E-state index in [0.717, 1.165) is 6.54 Å². The summed E-state index contributed by atoms with van der Waals surface area (Å²) < 4.78 is 5.34. The van der Waals surface area contributed by atoms with Gasteiger partial charge < -0.3 is 30.1 Å². The molecule has 0 unspecified atom stereocenters. The summed E-state index contributed by atoms with van der Waals surface area (Å²) in [5.74, 6) is -0.668. The largest absolute Gasteiger partial charge is 0.396 e. The monoisotopic (exact) mass is 345 g/mol. The number of nitrogens with zero attached hydrogens (tertiary/aromatic N) is 2. The van der Waals surface area contributed by atoms with Crippen LogP contribution in [0.3, 0.4) is 0 Å². The SMILES string of the molecule is CN(C)CCOCCNC(=O)/C=C\C(=O)N(CCCO)CCCO. The van der Waals surface area contributed by atoms with Crippen LogP contribution in [0, 0.1) is 0 Å². The number of aliphatic hydroxyl groups is 2. The Morgan fingerprint density at radius 1 is 1.00 bits per heavy atom. The van der Waals surface area contributed by atoms with E-state index in [1.165, 1.54) is 17.1 Å². The summed E-state index contributed by atoms with van der Waals surface area (Å²) in [6, 6.07) is 0. The normalized spacial score (nSPS) is 11.2. The zero-order chi connectivity index (χ0) is 18.2. The van der Waals surface area contributed by atoms with Crippen molar-refractivity contribution in [1.82, 2.24) is 15.1 Å². The van der Waals surface area contributed by atoms with Gasteiger partial charge in [0.05, 0.1) is 13.2 Å². The van der Waals surface area contributed by atoms with Crippen molar-refractivity contribution in [3.05, 3.63) is 12.2 Å². The van der Waals surface area contributed by atoms with Gasteiger partial charge in [-0.25, -0.2) is 0 Å². The number of amides is 2. The molecule has 0 aliphatic rings. The molecule has 0 bridgehead atoms. The van der Waals surface area contributed by atoms with Crippen molar-refractivity contribution in [3.8, 4) is 0 Å². The van der Waals surface area contributed by atoms with Crippen LogP contribution in [0.5, 0.6) is 0 Å². The number of aliphatic hydroxyl groups excluding tert-OH is 2. The van der Waals surface area contributed by atoms with Crippen LogP contribution in [0.4, 0.5) is 0 Å². The van der Waals surface area contributed by atoms with E-state index in [0.29, 0.717) is 45.7 Å². The van der Waals surface area contributed by atoms with E-state index in [1.807, 2.05) is 19.0 Å². The molecule has 0 atom stereocenters. The summed E-state index contributed by atoms with van der Waals surface area (Å²) >= 11 is 0. The molecule has 0 radical (unpaired) electrons. The van der Waals surface area contributed by atoms with Gasteiger partial charge in [0, 0.05) is 51.5 Å². The molecule has 8 heteroatoms. The number of hydrogen-bond donors (Lipinski definition) is 3. The molecular weight excluding hydrogens is 314 g/mol. The number of ether oxygens (including phenoxy) is 1. The van der Waals surface area contributed by atoms with E-state index in [1.54, 1.807) is 0 Å². The summed E-state index contributed by atoms with van der Waals surface area (Å²) in [6.07, 6.45) is 3.31. The second kappa shape index (κ2) is 15.1. The molecule has 0 aromatic heterocycles. The predicted octanol–water partition coefficient (Wildman–Crippen LogP) is -1.17. The molecule has 8 nitrogen and oxygen atoms in total. The van der Waals surface area contributed by atoms with E-state index in [9.17, 15) is 9.59 Å². The van der Waals surface area contributed by atoms with Crippen LogP contribution in [-0.2, 0) is 14.3 Å². The fourth-order valence-corrected chi connectivity index (χ4v) is 1.76. The van der Waals surface area contributed by atoms with Crippen molar-refractivity contribution in [2.45, 2.75) is 12.8 Å². The molecule has 0 rings (SSSR count). The highest BCUT2D eigenvalue weighted by atomic mass is 16.5. The van der Waals surface area contributed by atoms with Crippen molar-refractivity contribution in [2.24, 2.45) is 0 Å². The highest BCUT2D eigenvalue weighted by Crippen LogP contribution is 1.97. The Labute approximate surface area is 144 Å². The van der Waals surface area contributed by atoms with Gasteiger partial charge in [-0.15, -0.1) is 0 Å². The maximum absolute atomic E-state index is 12.0. The summed E-state index contributed by atoms with van der Waals surface area (Å²) in [4.78, 5) is 27.1. The van der Waals surface area contributed by atoms with Gasteiger partial charge in [0.25, 0.3) is 0 Å². The third kappa shape index (κ3) is 13.0. The van der Waals surface area contributed by atoms with E-state index in [-0.39, 0.29) is 25.0 Å². The smallest absolute Gasteiger partial charge is 0.246 e. The fourth-order valence-electron chi connectivity index (χ4n) is 1.76. The molecule has 140 valence electrons. The Morgan fingerprint density at radius 2 is 1.62 bits per heavy atom. The second-order valence-corrected chi connectivity index (χ2v) is 5.52. The number of rotatable bonds is 14. The van der Waals surface area contributed by atoms with Crippen LogP contribution in [0.1, 0.15) is 12.8 Å². The van der Waals surface area contributed by atoms with Crippen LogP contribution in [0.15, 0.2) is 12.2 Å². The van der Waals surface area contributed by atoms with Crippen molar-refractivity contribution in [3.63, 3.8) is 0 Å². The van der Waals surface area contributed by atoms with Gasteiger partial charge in [0.15, 0.2) is 0 Å². The molecule has 0 aliphatic heterocycles. The van der Waals surface area contributed by atoms with Crippen LogP contribution < -0.4 is 5.32 Å². The minimum absolute atomic E-state index is 0.0130. The van der Waals surface area contributed by atoms with Crippen molar-refractivity contribution in [1.29, 1.82) is 0 Å². The molecule has 0 aromatic rings. The zero-order valence-corrected chi connectivity index (χ0v) is 14.7. The van der Waals surface area contributed by atoms with Gasteiger partial charge in [0.1, 0.15) is 0 Å². The van der Waals surface area contributed by atoms with Crippen LogP contribution >= 0.6 is 0 Å². The lowest BCUT2D eigenvalue weighted by Crippen LogP contribution is -2.33. The Balaban J connectivity index is 4.04. The minimum Gasteiger partial charge on any atom is -0.396 e. The topological polar surface area (TPSA) is 102 Å². The molecular formula is C16H31N3O5. The lowest BCUT2D eigenvalue weighted by molar-refractivity contribution is -0.126.